The minimum atomic E-state index is 0.430. The molecule has 0 amide bonds. The normalized spacial score (nSPS) is 13.6. The molecule has 0 bridgehead atoms. The third-order valence-corrected chi connectivity index (χ3v) is 2.80. The molecule has 4 heteroatoms. The molecule has 0 saturated heterocycles. The molecule has 0 saturated carbocycles. The van der Waals surface area contributed by atoms with Gasteiger partial charge in [0.05, 0.1) is 13.2 Å². The first-order chi connectivity index (χ1) is 8.15. The van der Waals surface area contributed by atoms with E-state index >= 15 is 0 Å². The number of hydrogen-bond acceptors (Lipinski definition) is 4. The van der Waals surface area contributed by atoms with Crippen molar-refractivity contribution in [3.05, 3.63) is 0 Å². The second kappa shape index (κ2) is 11.0. The van der Waals surface area contributed by atoms with Gasteiger partial charge in [0.25, 0.3) is 0 Å². The highest BCUT2D eigenvalue weighted by Crippen LogP contribution is 2.00. The Hall–Kier alpha value is -0.160. The number of likely N-dealkylation sites (N-methyl/N-ethyl adjacent to an activating group) is 1. The maximum absolute atomic E-state index is 5.30. The van der Waals surface area contributed by atoms with Crippen LogP contribution in [0.3, 0.4) is 0 Å². The van der Waals surface area contributed by atoms with Gasteiger partial charge in [0.15, 0.2) is 0 Å². The summed E-state index contributed by atoms with van der Waals surface area (Å²) in [6.07, 6.45) is 0. The molecule has 0 aliphatic rings. The standard InChI is InChI=1S/C13H30N2O2/c1-6-15(7-8-16-4)13(11-17-5)10-14-9-12(2)3/h12-14H,6-11H2,1-5H3. The molecule has 1 N–H and O–H groups in total. The van der Waals surface area contributed by atoms with E-state index in [4.69, 9.17) is 9.47 Å². The van der Waals surface area contributed by atoms with Gasteiger partial charge in [-0.05, 0) is 19.0 Å². The van der Waals surface area contributed by atoms with Crippen LogP contribution in [0, 0.1) is 5.92 Å². The fraction of sp³-hybridized carbons (Fsp3) is 1.00. The fourth-order valence-corrected chi connectivity index (χ4v) is 1.83. The lowest BCUT2D eigenvalue weighted by Crippen LogP contribution is -2.47. The van der Waals surface area contributed by atoms with Gasteiger partial charge in [-0.1, -0.05) is 20.8 Å². The summed E-state index contributed by atoms with van der Waals surface area (Å²) >= 11 is 0. The molecule has 0 heterocycles. The zero-order valence-electron chi connectivity index (χ0n) is 12.2. The van der Waals surface area contributed by atoms with E-state index in [0.29, 0.717) is 12.0 Å². The van der Waals surface area contributed by atoms with Gasteiger partial charge in [0, 0.05) is 33.4 Å². The highest BCUT2D eigenvalue weighted by atomic mass is 16.5. The zero-order chi connectivity index (χ0) is 13.1. The smallest absolute Gasteiger partial charge is 0.0630 e. The van der Waals surface area contributed by atoms with Crippen molar-refractivity contribution in [3.8, 4) is 0 Å². The van der Waals surface area contributed by atoms with Crippen LogP contribution in [0.5, 0.6) is 0 Å². The van der Waals surface area contributed by atoms with Crippen molar-refractivity contribution < 1.29 is 9.47 Å². The topological polar surface area (TPSA) is 33.7 Å². The number of ether oxygens (including phenoxy) is 2. The number of nitrogens with zero attached hydrogens (tertiary/aromatic N) is 1. The van der Waals surface area contributed by atoms with Crippen LogP contribution in [-0.2, 0) is 9.47 Å². The van der Waals surface area contributed by atoms with Gasteiger partial charge in [-0.3, -0.25) is 4.90 Å². The summed E-state index contributed by atoms with van der Waals surface area (Å²) in [4.78, 5) is 2.40. The molecule has 0 aromatic carbocycles. The molecule has 0 aliphatic heterocycles. The van der Waals surface area contributed by atoms with E-state index in [-0.39, 0.29) is 0 Å². The quantitative estimate of drug-likeness (QED) is 0.594. The Labute approximate surface area is 107 Å². The van der Waals surface area contributed by atoms with Gasteiger partial charge in [-0.2, -0.15) is 0 Å². The molecule has 0 aromatic rings. The van der Waals surface area contributed by atoms with Gasteiger partial charge in [0.2, 0.25) is 0 Å². The average Bonchev–Trinajstić information content (AvgIpc) is 2.29. The van der Waals surface area contributed by atoms with Crippen molar-refractivity contribution in [3.63, 3.8) is 0 Å². The molecule has 104 valence electrons. The minimum Gasteiger partial charge on any atom is -0.383 e. The minimum absolute atomic E-state index is 0.430. The van der Waals surface area contributed by atoms with Crippen LogP contribution in [0.2, 0.25) is 0 Å². The number of hydrogen-bond donors (Lipinski definition) is 1. The fourth-order valence-electron chi connectivity index (χ4n) is 1.83. The van der Waals surface area contributed by atoms with Crippen molar-refractivity contribution in [1.82, 2.24) is 10.2 Å². The van der Waals surface area contributed by atoms with E-state index in [0.717, 1.165) is 39.4 Å². The third-order valence-electron chi connectivity index (χ3n) is 2.80. The van der Waals surface area contributed by atoms with E-state index in [1.165, 1.54) is 0 Å². The van der Waals surface area contributed by atoms with Crippen LogP contribution in [0.15, 0.2) is 0 Å². The molecule has 0 spiro atoms. The molecule has 0 fully saturated rings. The molecule has 0 radical (unpaired) electrons. The maximum atomic E-state index is 5.30. The Morgan fingerprint density at radius 1 is 1.12 bits per heavy atom. The Balaban J connectivity index is 4.06. The Kier molecular flexibility index (Phi) is 10.9. The van der Waals surface area contributed by atoms with E-state index in [9.17, 15) is 0 Å². The first-order valence-electron chi connectivity index (χ1n) is 6.58. The first-order valence-corrected chi connectivity index (χ1v) is 6.58. The van der Waals surface area contributed by atoms with E-state index in [1.54, 1.807) is 14.2 Å². The molecule has 0 rings (SSSR count). The Morgan fingerprint density at radius 2 is 1.82 bits per heavy atom. The molecule has 17 heavy (non-hydrogen) atoms. The number of methoxy groups -OCH3 is 2. The van der Waals surface area contributed by atoms with E-state index in [1.807, 2.05) is 0 Å². The first kappa shape index (κ1) is 16.8. The van der Waals surface area contributed by atoms with Crippen molar-refractivity contribution in [1.29, 1.82) is 0 Å². The average molecular weight is 246 g/mol. The van der Waals surface area contributed by atoms with Crippen LogP contribution in [0.4, 0.5) is 0 Å². The van der Waals surface area contributed by atoms with Crippen LogP contribution in [0.1, 0.15) is 20.8 Å². The summed E-state index contributed by atoms with van der Waals surface area (Å²) in [6, 6.07) is 0.430. The second-order valence-electron chi connectivity index (χ2n) is 4.78. The van der Waals surface area contributed by atoms with Gasteiger partial charge < -0.3 is 14.8 Å². The highest BCUT2D eigenvalue weighted by Gasteiger charge is 2.16. The predicted octanol–water partition coefficient (Wildman–Crippen LogP) is 1.22. The van der Waals surface area contributed by atoms with Gasteiger partial charge in [-0.25, -0.2) is 0 Å². The predicted molar refractivity (Wildman–Crippen MR) is 72.5 cm³/mol. The van der Waals surface area contributed by atoms with Gasteiger partial charge in [0.1, 0.15) is 0 Å². The van der Waals surface area contributed by atoms with E-state index in [2.05, 4.69) is 31.0 Å². The lowest BCUT2D eigenvalue weighted by molar-refractivity contribution is 0.0700. The van der Waals surface area contributed by atoms with Gasteiger partial charge >= 0.3 is 0 Å². The largest absolute Gasteiger partial charge is 0.383 e. The van der Waals surface area contributed by atoms with Crippen molar-refractivity contribution >= 4 is 0 Å². The molecule has 0 aliphatic carbocycles. The van der Waals surface area contributed by atoms with Crippen LogP contribution in [0.25, 0.3) is 0 Å². The third kappa shape index (κ3) is 8.55. The highest BCUT2D eigenvalue weighted by molar-refractivity contribution is 4.73. The summed E-state index contributed by atoms with van der Waals surface area (Å²) in [5.74, 6) is 0.687. The van der Waals surface area contributed by atoms with Crippen molar-refractivity contribution in [2.24, 2.45) is 5.92 Å². The molecular weight excluding hydrogens is 216 g/mol. The SMILES string of the molecule is CCN(CCOC)C(CNCC(C)C)COC. The zero-order valence-corrected chi connectivity index (χ0v) is 12.2. The van der Waals surface area contributed by atoms with Crippen molar-refractivity contribution in [2.75, 3.05) is 53.6 Å². The molecule has 0 aromatic heterocycles. The molecule has 1 unspecified atom stereocenters. The summed E-state index contributed by atoms with van der Waals surface area (Å²) in [5, 5.41) is 3.50. The summed E-state index contributed by atoms with van der Waals surface area (Å²) in [6.45, 7) is 12.2. The second-order valence-corrected chi connectivity index (χ2v) is 4.78. The number of rotatable bonds is 11. The lowest BCUT2D eigenvalue weighted by Gasteiger charge is -2.30. The van der Waals surface area contributed by atoms with Crippen LogP contribution in [-0.4, -0.2) is 64.6 Å². The summed E-state index contributed by atoms with van der Waals surface area (Å²) in [7, 11) is 3.51. The summed E-state index contributed by atoms with van der Waals surface area (Å²) in [5.41, 5.74) is 0. The van der Waals surface area contributed by atoms with Gasteiger partial charge in [-0.15, -0.1) is 0 Å². The Morgan fingerprint density at radius 3 is 2.29 bits per heavy atom. The van der Waals surface area contributed by atoms with Crippen LogP contribution < -0.4 is 5.32 Å². The monoisotopic (exact) mass is 246 g/mol. The molecular formula is C13H30N2O2. The van der Waals surface area contributed by atoms with Crippen LogP contribution >= 0.6 is 0 Å². The maximum Gasteiger partial charge on any atom is 0.0630 e. The number of nitrogens with one attached hydrogen (secondary N) is 1. The molecule has 1 atom stereocenters. The summed E-state index contributed by atoms with van der Waals surface area (Å²) < 4.78 is 10.4. The lowest BCUT2D eigenvalue weighted by atomic mass is 10.2. The Bertz CT molecular complexity index is 165. The molecule has 4 nitrogen and oxygen atoms in total. The van der Waals surface area contributed by atoms with Crippen molar-refractivity contribution in [2.45, 2.75) is 26.8 Å². The van der Waals surface area contributed by atoms with E-state index < -0.39 is 0 Å².